The molecule has 7 heteroatoms. The van der Waals surface area contributed by atoms with Crippen LogP contribution in [0.3, 0.4) is 0 Å². The normalized spacial score (nSPS) is 8.91. The van der Waals surface area contributed by atoms with Crippen molar-refractivity contribution >= 4 is 67.4 Å². The van der Waals surface area contributed by atoms with Gasteiger partial charge in [0.25, 0.3) is 0 Å². The third-order valence-corrected chi connectivity index (χ3v) is 2.46. The molecular weight excluding hydrogens is 240 g/mol. The standard InChI is InChI=1S/C4H7ClN2S4/c5-11-4(10)7-2-1-6-3(8)9/h1-2H2,(H,7,10)(H2,6,8,9). The lowest BCUT2D eigenvalue weighted by Crippen LogP contribution is -2.30. The molecule has 0 amide bonds. The lowest BCUT2D eigenvalue weighted by molar-refractivity contribution is 0.834. The molecule has 0 radical (unpaired) electrons. The van der Waals surface area contributed by atoms with E-state index in [-0.39, 0.29) is 0 Å². The van der Waals surface area contributed by atoms with Crippen LogP contribution < -0.4 is 10.6 Å². The van der Waals surface area contributed by atoms with Crippen LogP contribution in [0.2, 0.25) is 0 Å². The number of hydrogen-bond acceptors (Lipinski definition) is 3. The zero-order chi connectivity index (χ0) is 8.69. The highest BCUT2D eigenvalue weighted by molar-refractivity contribution is 8.38. The highest BCUT2D eigenvalue weighted by Crippen LogP contribution is 2.05. The van der Waals surface area contributed by atoms with E-state index in [1.807, 2.05) is 0 Å². The maximum absolute atomic E-state index is 5.35. The first-order chi connectivity index (χ1) is 5.16. The third kappa shape index (κ3) is 8.68. The molecule has 0 atom stereocenters. The van der Waals surface area contributed by atoms with Gasteiger partial charge < -0.3 is 10.6 Å². The van der Waals surface area contributed by atoms with Crippen molar-refractivity contribution in [3.63, 3.8) is 0 Å². The minimum absolute atomic E-state index is 0.483. The number of halogens is 1. The van der Waals surface area contributed by atoms with Crippen LogP contribution in [-0.2, 0) is 0 Å². The fourth-order valence-electron chi connectivity index (χ4n) is 0.361. The van der Waals surface area contributed by atoms with Gasteiger partial charge in [-0.15, -0.1) is 12.6 Å². The second kappa shape index (κ2) is 7.42. The van der Waals surface area contributed by atoms with Crippen LogP contribution in [0.25, 0.3) is 0 Å². The highest BCUT2D eigenvalue weighted by atomic mass is 35.7. The van der Waals surface area contributed by atoms with Crippen molar-refractivity contribution in [1.29, 1.82) is 0 Å². The van der Waals surface area contributed by atoms with Gasteiger partial charge in [-0.2, -0.15) is 0 Å². The summed E-state index contributed by atoms with van der Waals surface area (Å²) in [5.74, 6) is 0. The fraction of sp³-hybridized carbons (Fsp3) is 0.500. The molecule has 0 aromatic heterocycles. The van der Waals surface area contributed by atoms with Crippen molar-refractivity contribution in [2.75, 3.05) is 13.1 Å². The van der Waals surface area contributed by atoms with E-state index in [2.05, 4.69) is 35.5 Å². The molecule has 0 heterocycles. The number of hydrogen-bond donors (Lipinski definition) is 3. The Morgan fingerprint density at radius 1 is 1.36 bits per heavy atom. The fourth-order valence-corrected chi connectivity index (χ4v) is 0.997. The lowest BCUT2D eigenvalue weighted by atomic mass is 10.6. The molecule has 0 unspecified atom stereocenters. The Labute approximate surface area is 90.7 Å². The summed E-state index contributed by atoms with van der Waals surface area (Å²) < 4.78 is 1.05. The summed E-state index contributed by atoms with van der Waals surface area (Å²) in [5.41, 5.74) is 0. The molecule has 0 aliphatic heterocycles. The molecule has 0 spiro atoms. The summed E-state index contributed by atoms with van der Waals surface area (Å²) in [6, 6.07) is 0. The van der Waals surface area contributed by atoms with Crippen LogP contribution in [0, 0.1) is 0 Å². The van der Waals surface area contributed by atoms with Gasteiger partial charge in [-0.05, 0) is 10.7 Å². The molecule has 64 valence electrons. The molecule has 0 bridgehead atoms. The average molecular weight is 247 g/mol. The maximum Gasteiger partial charge on any atom is 0.149 e. The van der Waals surface area contributed by atoms with Gasteiger partial charge in [-0.25, -0.2) is 0 Å². The monoisotopic (exact) mass is 246 g/mol. The van der Waals surface area contributed by atoms with Gasteiger partial charge in [0.1, 0.15) is 8.64 Å². The van der Waals surface area contributed by atoms with Gasteiger partial charge in [0.05, 0.1) is 0 Å². The van der Waals surface area contributed by atoms with E-state index < -0.39 is 0 Å². The summed E-state index contributed by atoms with van der Waals surface area (Å²) in [6.45, 7) is 1.39. The van der Waals surface area contributed by atoms with Gasteiger partial charge in [0.15, 0.2) is 0 Å². The summed E-state index contributed by atoms with van der Waals surface area (Å²) in [4.78, 5) is 0. The Kier molecular flexibility index (Phi) is 7.94. The molecule has 2 nitrogen and oxygen atoms in total. The van der Waals surface area contributed by atoms with Crippen molar-refractivity contribution in [2.45, 2.75) is 0 Å². The van der Waals surface area contributed by atoms with Crippen LogP contribution in [-0.4, -0.2) is 21.7 Å². The predicted molar refractivity (Wildman–Crippen MR) is 63.6 cm³/mol. The van der Waals surface area contributed by atoms with Crippen molar-refractivity contribution in [2.24, 2.45) is 0 Å². The number of thiol groups is 1. The summed E-state index contributed by atoms with van der Waals surface area (Å²) in [7, 11) is 6.34. The smallest absolute Gasteiger partial charge is 0.149 e. The minimum Gasteiger partial charge on any atom is -0.369 e. The number of rotatable bonds is 3. The second-order valence-corrected chi connectivity index (χ2v) is 4.37. The van der Waals surface area contributed by atoms with E-state index in [0.29, 0.717) is 21.7 Å². The molecule has 0 aliphatic carbocycles. The van der Waals surface area contributed by atoms with Crippen LogP contribution in [0.5, 0.6) is 0 Å². The van der Waals surface area contributed by atoms with Gasteiger partial charge in [0.2, 0.25) is 0 Å². The van der Waals surface area contributed by atoms with Crippen molar-refractivity contribution in [3.05, 3.63) is 0 Å². The first-order valence-corrected chi connectivity index (χ1v) is 5.60. The van der Waals surface area contributed by atoms with Crippen molar-refractivity contribution in [1.82, 2.24) is 10.6 Å². The number of nitrogens with one attached hydrogen (secondary N) is 2. The highest BCUT2D eigenvalue weighted by Gasteiger charge is 1.92. The predicted octanol–water partition coefficient (Wildman–Crippen LogP) is 1.55. The third-order valence-electron chi connectivity index (χ3n) is 0.741. The molecular formula is C4H7ClN2S4. The van der Waals surface area contributed by atoms with Gasteiger partial charge >= 0.3 is 0 Å². The first kappa shape index (κ1) is 11.8. The zero-order valence-corrected chi connectivity index (χ0v) is 9.56. The van der Waals surface area contributed by atoms with Gasteiger partial charge in [-0.1, -0.05) is 24.4 Å². The SMILES string of the molecule is S=C(S)NCCNC(=S)SCl. The maximum atomic E-state index is 5.35. The second-order valence-electron chi connectivity index (χ2n) is 1.52. The lowest BCUT2D eigenvalue weighted by Gasteiger charge is -2.04. The summed E-state index contributed by atoms with van der Waals surface area (Å²) in [6.07, 6.45) is 0. The largest absolute Gasteiger partial charge is 0.369 e. The van der Waals surface area contributed by atoms with E-state index >= 15 is 0 Å². The first-order valence-electron chi connectivity index (χ1n) is 2.70. The van der Waals surface area contributed by atoms with Crippen LogP contribution in [0.1, 0.15) is 0 Å². The quantitative estimate of drug-likeness (QED) is 0.399. The Balaban J connectivity index is 3.14. The molecule has 0 aliphatic rings. The summed E-state index contributed by atoms with van der Waals surface area (Å²) >= 11 is 13.3. The summed E-state index contributed by atoms with van der Waals surface area (Å²) in [5, 5.41) is 5.74. The van der Waals surface area contributed by atoms with Crippen molar-refractivity contribution < 1.29 is 0 Å². The Bertz CT molecular complexity index is 151. The Morgan fingerprint density at radius 3 is 2.36 bits per heavy atom. The van der Waals surface area contributed by atoms with E-state index in [9.17, 15) is 0 Å². The van der Waals surface area contributed by atoms with Crippen molar-refractivity contribution in [3.8, 4) is 0 Å². The Morgan fingerprint density at radius 2 is 1.91 bits per heavy atom. The Hall–Kier alpha value is 0.770. The van der Waals surface area contributed by atoms with Crippen LogP contribution in [0.15, 0.2) is 0 Å². The molecule has 11 heavy (non-hydrogen) atoms. The average Bonchev–Trinajstić information content (AvgIpc) is 1.97. The van der Waals surface area contributed by atoms with Crippen LogP contribution in [0.4, 0.5) is 0 Å². The zero-order valence-electron chi connectivity index (χ0n) is 5.46. The molecule has 0 aromatic rings. The topological polar surface area (TPSA) is 24.1 Å². The molecule has 2 N–H and O–H groups in total. The number of thiocarbonyl (C=S) groups is 2. The molecule has 0 saturated carbocycles. The molecule has 0 saturated heterocycles. The molecule has 0 rings (SSSR count). The van der Waals surface area contributed by atoms with E-state index in [1.54, 1.807) is 0 Å². The van der Waals surface area contributed by atoms with Crippen LogP contribution >= 0.6 is 58.7 Å². The minimum atomic E-state index is 0.483. The van der Waals surface area contributed by atoms with Gasteiger partial charge in [0, 0.05) is 24.1 Å². The molecule has 0 fully saturated rings. The van der Waals surface area contributed by atoms with E-state index in [4.69, 9.17) is 22.9 Å². The van der Waals surface area contributed by atoms with E-state index in [0.717, 1.165) is 11.0 Å². The van der Waals surface area contributed by atoms with E-state index in [1.165, 1.54) is 0 Å². The molecule has 0 aromatic carbocycles. The van der Waals surface area contributed by atoms with Gasteiger partial charge in [-0.3, -0.25) is 0 Å².